The van der Waals surface area contributed by atoms with Gasteiger partial charge < -0.3 is 9.97 Å². The van der Waals surface area contributed by atoms with Gasteiger partial charge in [0.2, 0.25) is 0 Å². The molecule has 0 unspecified atom stereocenters. The van der Waals surface area contributed by atoms with Crippen molar-refractivity contribution >= 4 is 17.2 Å². The molecule has 0 fully saturated rings. The largest absolute Gasteiger partial charge is 0.360 e. The van der Waals surface area contributed by atoms with Crippen molar-refractivity contribution in [3.8, 4) is 11.4 Å². The molecule has 0 aliphatic carbocycles. The number of H-pyrrole nitrogens is 2. The molecule has 90 valence electrons. The fourth-order valence-electron chi connectivity index (χ4n) is 2.01. The van der Waals surface area contributed by atoms with Gasteiger partial charge in [-0.15, -0.1) is 0 Å². The van der Waals surface area contributed by atoms with E-state index in [0.717, 1.165) is 16.6 Å². The van der Waals surface area contributed by atoms with E-state index >= 15 is 0 Å². The number of aromatic amines is 2. The Labute approximate surface area is 102 Å². The maximum absolute atomic E-state index is 13.1. The molecule has 0 atom stereocenters. The first kappa shape index (κ1) is 10.7. The van der Waals surface area contributed by atoms with E-state index in [4.69, 9.17) is 0 Å². The van der Waals surface area contributed by atoms with Gasteiger partial charge in [0.25, 0.3) is 0 Å². The second-order valence-corrected chi connectivity index (χ2v) is 4.11. The van der Waals surface area contributed by atoms with Crippen LogP contribution in [0.4, 0.5) is 4.39 Å². The van der Waals surface area contributed by atoms with Crippen molar-refractivity contribution in [3.05, 3.63) is 41.6 Å². The van der Waals surface area contributed by atoms with Gasteiger partial charge in [0.15, 0.2) is 6.29 Å². The number of carbonyl (C=O) groups is 1. The van der Waals surface area contributed by atoms with E-state index in [1.807, 2.05) is 0 Å². The van der Waals surface area contributed by atoms with Gasteiger partial charge >= 0.3 is 0 Å². The normalized spacial score (nSPS) is 11.0. The molecule has 0 bridgehead atoms. The van der Waals surface area contributed by atoms with Gasteiger partial charge in [-0.2, -0.15) is 0 Å². The van der Waals surface area contributed by atoms with Crippen LogP contribution >= 0.6 is 0 Å². The Hall–Kier alpha value is -2.43. The number of aldehydes is 1. The van der Waals surface area contributed by atoms with Crippen LogP contribution in [-0.4, -0.2) is 21.2 Å². The third-order valence-corrected chi connectivity index (χ3v) is 2.93. The molecule has 2 aromatic heterocycles. The molecule has 1 aromatic carbocycles. The molecule has 2 heterocycles. The van der Waals surface area contributed by atoms with Crippen LogP contribution in [0.15, 0.2) is 24.4 Å². The van der Waals surface area contributed by atoms with Crippen LogP contribution in [0.3, 0.4) is 0 Å². The first-order chi connectivity index (χ1) is 8.69. The predicted octanol–water partition coefficient (Wildman–Crippen LogP) is 2.82. The number of aromatic nitrogens is 3. The zero-order valence-corrected chi connectivity index (χ0v) is 9.62. The van der Waals surface area contributed by atoms with E-state index in [1.165, 1.54) is 12.1 Å². The molecule has 0 aliphatic rings. The topological polar surface area (TPSA) is 61.5 Å². The summed E-state index contributed by atoms with van der Waals surface area (Å²) in [4.78, 5) is 21.0. The van der Waals surface area contributed by atoms with Crippen molar-refractivity contribution in [2.75, 3.05) is 0 Å². The highest BCUT2D eigenvalue weighted by molar-refractivity contribution is 5.94. The highest BCUT2D eigenvalue weighted by atomic mass is 19.1. The number of fused-ring (bicyclic) bond motifs is 1. The average Bonchev–Trinajstić information content (AvgIpc) is 2.91. The van der Waals surface area contributed by atoms with E-state index in [2.05, 4.69) is 15.0 Å². The number of halogens is 1. The summed E-state index contributed by atoms with van der Waals surface area (Å²) in [5.41, 5.74) is 2.63. The number of carbonyl (C=O) groups excluding carboxylic acids is 1. The first-order valence-corrected chi connectivity index (χ1v) is 5.48. The summed E-state index contributed by atoms with van der Waals surface area (Å²) < 4.78 is 13.1. The fourth-order valence-corrected chi connectivity index (χ4v) is 2.01. The second-order valence-electron chi connectivity index (χ2n) is 4.11. The van der Waals surface area contributed by atoms with E-state index in [9.17, 15) is 9.18 Å². The van der Waals surface area contributed by atoms with Gasteiger partial charge in [-0.1, -0.05) is 0 Å². The number of aryl methyl sites for hydroxylation is 1. The molecule has 0 radical (unpaired) electrons. The average molecular weight is 243 g/mol. The highest BCUT2D eigenvalue weighted by Crippen LogP contribution is 2.27. The van der Waals surface area contributed by atoms with Crippen molar-refractivity contribution < 1.29 is 9.18 Å². The number of hydrogen-bond donors (Lipinski definition) is 2. The zero-order chi connectivity index (χ0) is 12.7. The Kier molecular flexibility index (Phi) is 2.26. The molecule has 3 rings (SSSR count). The third-order valence-electron chi connectivity index (χ3n) is 2.93. The minimum absolute atomic E-state index is 0.292. The zero-order valence-electron chi connectivity index (χ0n) is 9.62. The van der Waals surface area contributed by atoms with E-state index in [1.54, 1.807) is 19.2 Å². The lowest BCUT2D eigenvalue weighted by Crippen LogP contribution is -1.81. The summed E-state index contributed by atoms with van der Waals surface area (Å²) in [5, 5.41) is 0.864. The number of hydrogen-bond acceptors (Lipinski definition) is 2. The van der Waals surface area contributed by atoms with Crippen LogP contribution < -0.4 is 0 Å². The fraction of sp³-hybridized carbons (Fsp3) is 0.0769. The van der Waals surface area contributed by atoms with Gasteiger partial charge in [0, 0.05) is 28.4 Å². The number of rotatable bonds is 2. The molecule has 0 saturated heterocycles. The van der Waals surface area contributed by atoms with Crippen LogP contribution in [0, 0.1) is 12.7 Å². The Morgan fingerprint density at radius 1 is 1.39 bits per heavy atom. The molecule has 18 heavy (non-hydrogen) atoms. The van der Waals surface area contributed by atoms with Gasteiger partial charge in [-0.05, 0) is 25.1 Å². The van der Waals surface area contributed by atoms with Crippen LogP contribution in [0.2, 0.25) is 0 Å². The SMILES string of the molecule is Cc1[nH]c(-c2c[nH]c3cc(F)ccc23)nc1C=O. The second kappa shape index (κ2) is 3.80. The molecule has 2 N–H and O–H groups in total. The maximum atomic E-state index is 13.1. The lowest BCUT2D eigenvalue weighted by Gasteiger charge is -1.94. The van der Waals surface area contributed by atoms with Gasteiger partial charge in [-0.25, -0.2) is 9.37 Å². The number of imidazole rings is 1. The molecule has 3 aromatic rings. The van der Waals surface area contributed by atoms with Crippen LogP contribution in [0.5, 0.6) is 0 Å². The smallest absolute Gasteiger partial charge is 0.170 e. The Morgan fingerprint density at radius 2 is 2.22 bits per heavy atom. The Morgan fingerprint density at radius 3 is 2.94 bits per heavy atom. The summed E-state index contributed by atoms with van der Waals surface area (Å²) in [6.45, 7) is 1.79. The Balaban J connectivity index is 2.21. The third kappa shape index (κ3) is 1.52. The minimum atomic E-state index is -0.292. The maximum Gasteiger partial charge on any atom is 0.170 e. The van der Waals surface area contributed by atoms with Gasteiger partial charge in [0.05, 0.1) is 0 Å². The number of nitrogens with zero attached hydrogens (tertiary/aromatic N) is 1. The summed E-state index contributed by atoms with van der Waals surface area (Å²) in [7, 11) is 0. The summed E-state index contributed by atoms with van der Waals surface area (Å²) in [6.07, 6.45) is 2.46. The van der Waals surface area contributed by atoms with E-state index in [-0.39, 0.29) is 5.82 Å². The summed E-state index contributed by atoms with van der Waals surface area (Å²) in [6, 6.07) is 4.51. The molecular weight excluding hydrogens is 233 g/mol. The highest BCUT2D eigenvalue weighted by Gasteiger charge is 2.12. The minimum Gasteiger partial charge on any atom is -0.360 e. The van der Waals surface area contributed by atoms with Crippen LogP contribution in [-0.2, 0) is 0 Å². The first-order valence-electron chi connectivity index (χ1n) is 5.48. The lowest BCUT2D eigenvalue weighted by molar-refractivity contribution is 0.111. The number of benzene rings is 1. The molecule has 0 amide bonds. The van der Waals surface area contributed by atoms with Crippen molar-refractivity contribution in [1.29, 1.82) is 0 Å². The molecule has 0 spiro atoms. The summed E-state index contributed by atoms with van der Waals surface area (Å²) >= 11 is 0. The predicted molar refractivity (Wildman–Crippen MR) is 66.0 cm³/mol. The lowest BCUT2D eigenvalue weighted by atomic mass is 10.1. The van der Waals surface area contributed by atoms with E-state index in [0.29, 0.717) is 23.3 Å². The standard InChI is InChI=1S/C13H10FN3O/c1-7-12(6-18)17-13(16-7)10-5-15-11-4-8(14)2-3-9(10)11/h2-6,15H,1H3,(H,16,17). The van der Waals surface area contributed by atoms with Crippen LogP contribution in [0.25, 0.3) is 22.3 Å². The van der Waals surface area contributed by atoms with Crippen molar-refractivity contribution in [2.45, 2.75) is 6.92 Å². The molecule has 5 heteroatoms. The Bertz CT molecular complexity index is 742. The van der Waals surface area contributed by atoms with E-state index < -0.39 is 0 Å². The van der Waals surface area contributed by atoms with Crippen LogP contribution in [0.1, 0.15) is 16.2 Å². The summed E-state index contributed by atoms with van der Waals surface area (Å²) in [5.74, 6) is 0.313. The molecule has 0 saturated carbocycles. The molecule has 0 aliphatic heterocycles. The van der Waals surface area contributed by atoms with Crippen molar-refractivity contribution in [3.63, 3.8) is 0 Å². The van der Waals surface area contributed by atoms with Gasteiger partial charge in [-0.3, -0.25) is 4.79 Å². The molecule has 4 nitrogen and oxygen atoms in total. The number of nitrogens with one attached hydrogen (secondary N) is 2. The van der Waals surface area contributed by atoms with Crippen molar-refractivity contribution in [1.82, 2.24) is 15.0 Å². The monoisotopic (exact) mass is 243 g/mol. The van der Waals surface area contributed by atoms with Gasteiger partial charge in [0.1, 0.15) is 17.3 Å². The molecular formula is C13H10FN3O. The van der Waals surface area contributed by atoms with Crippen molar-refractivity contribution in [2.24, 2.45) is 0 Å². The quantitative estimate of drug-likeness (QED) is 0.680.